The SMILES string of the molecule is Cc1nn(C(C)C(=O)NC2CC2)c(C)c1S(=O)(=O)Cl. The van der Waals surface area contributed by atoms with E-state index in [1.807, 2.05) is 0 Å². The average molecular weight is 306 g/mol. The Morgan fingerprint density at radius 2 is 2.05 bits per heavy atom. The van der Waals surface area contributed by atoms with Crippen LogP contribution in [-0.2, 0) is 13.8 Å². The van der Waals surface area contributed by atoms with Gasteiger partial charge in [0.15, 0.2) is 0 Å². The van der Waals surface area contributed by atoms with Crippen molar-refractivity contribution in [2.75, 3.05) is 0 Å². The molecule has 8 heteroatoms. The molecular weight excluding hydrogens is 290 g/mol. The predicted molar refractivity (Wildman–Crippen MR) is 70.6 cm³/mol. The van der Waals surface area contributed by atoms with Crippen molar-refractivity contribution >= 4 is 25.6 Å². The number of rotatable bonds is 4. The number of hydrogen-bond donors (Lipinski definition) is 1. The van der Waals surface area contributed by atoms with Crippen molar-refractivity contribution < 1.29 is 13.2 Å². The van der Waals surface area contributed by atoms with Crippen molar-refractivity contribution in [1.82, 2.24) is 15.1 Å². The Bertz CT molecular complexity index is 619. The summed E-state index contributed by atoms with van der Waals surface area (Å²) in [6, 6.07) is -0.311. The second-order valence-corrected chi connectivity index (χ2v) is 7.34. The zero-order valence-corrected chi connectivity index (χ0v) is 12.5. The molecule has 1 aromatic rings. The van der Waals surface area contributed by atoms with Gasteiger partial charge in [-0.05, 0) is 33.6 Å². The number of nitrogens with zero attached hydrogens (tertiary/aromatic N) is 2. The molecule has 1 aliphatic carbocycles. The maximum Gasteiger partial charge on any atom is 0.264 e. The zero-order valence-electron chi connectivity index (χ0n) is 11.0. The molecule has 0 bridgehead atoms. The normalized spacial score (nSPS) is 17.3. The van der Waals surface area contributed by atoms with Crippen LogP contribution in [0, 0.1) is 13.8 Å². The lowest BCUT2D eigenvalue weighted by molar-refractivity contribution is -0.124. The van der Waals surface area contributed by atoms with E-state index in [9.17, 15) is 13.2 Å². The van der Waals surface area contributed by atoms with E-state index in [2.05, 4.69) is 10.4 Å². The second-order valence-electron chi connectivity index (χ2n) is 4.84. The molecule has 1 aromatic heterocycles. The molecule has 0 aromatic carbocycles. The van der Waals surface area contributed by atoms with E-state index >= 15 is 0 Å². The molecule has 6 nitrogen and oxygen atoms in total. The van der Waals surface area contributed by atoms with Gasteiger partial charge in [-0.1, -0.05) is 0 Å². The van der Waals surface area contributed by atoms with Gasteiger partial charge in [0, 0.05) is 16.7 Å². The van der Waals surface area contributed by atoms with Gasteiger partial charge in [-0.3, -0.25) is 9.48 Å². The summed E-state index contributed by atoms with van der Waals surface area (Å²) in [6.07, 6.45) is 1.99. The van der Waals surface area contributed by atoms with Gasteiger partial charge in [0.25, 0.3) is 9.05 Å². The lowest BCUT2D eigenvalue weighted by atomic mass is 10.3. The number of nitrogens with one attached hydrogen (secondary N) is 1. The van der Waals surface area contributed by atoms with Gasteiger partial charge in [0.1, 0.15) is 10.9 Å². The van der Waals surface area contributed by atoms with Crippen LogP contribution in [0.5, 0.6) is 0 Å². The first-order valence-corrected chi connectivity index (χ1v) is 8.33. The number of halogens is 1. The number of aromatic nitrogens is 2. The van der Waals surface area contributed by atoms with Crippen LogP contribution in [0.15, 0.2) is 4.90 Å². The number of aryl methyl sites for hydroxylation is 1. The van der Waals surface area contributed by atoms with Crippen molar-refractivity contribution in [1.29, 1.82) is 0 Å². The molecule has 0 saturated heterocycles. The van der Waals surface area contributed by atoms with Crippen LogP contribution in [0.4, 0.5) is 0 Å². The Kier molecular flexibility index (Phi) is 3.61. The Morgan fingerprint density at radius 3 is 2.47 bits per heavy atom. The lowest BCUT2D eigenvalue weighted by Crippen LogP contribution is -2.33. The minimum Gasteiger partial charge on any atom is -0.352 e. The lowest BCUT2D eigenvalue weighted by Gasteiger charge is -2.14. The molecule has 0 aliphatic heterocycles. The minimum atomic E-state index is -3.86. The molecular formula is C11H16ClN3O3S. The first kappa shape index (κ1) is 14.3. The smallest absolute Gasteiger partial charge is 0.264 e. The summed E-state index contributed by atoms with van der Waals surface area (Å²) in [6.45, 7) is 4.84. The van der Waals surface area contributed by atoms with Crippen molar-refractivity contribution in [3.05, 3.63) is 11.4 Å². The molecule has 106 valence electrons. The number of carbonyl (C=O) groups is 1. The Labute approximate surface area is 116 Å². The van der Waals surface area contributed by atoms with Crippen LogP contribution in [-0.4, -0.2) is 30.1 Å². The topological polar surface area (TPSA) is 81.1 Å². The average Bonchev–Trinajstić information content (AvgIpc) is 3.01. The van der Waals surface area contributed by atoms with E-state index in [0.29, 0.717) is 11.4 Å². The van der Waals surface area contributed by atoms with Gasteiger partial charge < -0.3 is 5.32 Å². The van der Waals surface area contributed by atoms with Crippen LogP contribution in [0.25, 0.3) is 0 Å². The summed E-state index contributed by atoms with van der Waals surface area (Å²) in [4.78, 5) is 11.9. The van der Waals surface area contributed by atoms with E-state index in [1.54, 1.807) is 20.8 Å². The molecule has 1 atom stereocenters. The van der Waals surface area contributed by atoms with E-state index in [-0.39, 0.29) is 16.8 Å². The fraction of sp³-hybridized carbons (Fsp3) is 0.636. The van der Waals surface area contributed by atoms with Gasteiger partial charge in [-0.2, -0.15) is 5.10 Å². The predicted octanol–water partition coefficient (Wildman–Crippen LogP) is 1.27. The Balaban J connectivity index is 2.32. The fourth-order valence-corrected chi connectivity index (χ4v) is 3.55. The van der Waals surface area contributed by atoms with Gasteiger partial charge >= 0.3 is 0 Å². The van der Waals surface area contributed by atoms with Gasteiger partial charge in [0.2, 0.25) is 5.91 Å². The molecule has 1 aliphatic rings. The highest BCUT2D eigenvalue weighted by Gasteiger charge is 2.30. The van der Waals surface area contributed by atoms with Crippen molar-refractivity contribution in [2.45, 2.75) is 50.6 Å². The van der Waals surface area contributed by atoms with E-state index < -0.39 is 15.1 Å². The third-order valence-corrected chi connectivity index (χ3v) is 4.71. The van der Waals surface area contributed by atoms with Gasteiger partial charge in [-0.15, -0.1) is 0 Å². The first-order valence-electron chi connectivity index (χ1n) is 6.02. The maximum absolute atomic E-state index is 12.0. The number of amides is 1. The van der Waals surface area contributed by atoms with Crippen molar-refractivity contribution in [3.8, 4) is 0 Å². The molecule has 1 saturated carbocycles. The van der Waals surface area contributed by atoms with Gasteiger partial charge in [-0.25, -0.2) is 8.42 Å². The summed E-state index contributed by atoms with van der Waals surface area (Å²) >= 11 is 0. The molecule has 2 rings (SSSR count). The number of hydrogen-bond acceptors (Lipinski definition) is 4. The van der Waals surface area contributed by atoms with Crippen LogP contribution < -0.4 is 5.32 Å². The minimum absolute atomic E-state index is 0.0137. The summed E-state index contributed by atoms with van der Waals surface area (Å²) in [5.74, 6) is -0.161. The first-order chi connectivity index (χ1) is 8.71. The van der Waals surface area contributed by atoms with Crippen LogP contribution >= 0.6 is 10.7 Å². The molecule has 1 unspecified atom stereocenters. The maximum atomic E-state index is 12.0. The summed E-state index contributed by atoms with van der Waals surface area (Å²) < 4.78 is 24.4. The van der Waals surface area contributed by atoms with Crippen molar-refractivity contribution in [2.24, 2.45) is 0 Å². The zero-order chi connectivity index (χ0) is 14.4. The molecule has 0 radical (unpaired) electrons. The van der Waals surface area contributed by atoms with E-state index in [4.69, 9.17) is 10.7 Å². The van der Waals surface area contributed by atoms with E-state index in [1.165, 1.54) is 4.68 Å². The summed E-state index contributed by atoms with van der Waals surface area (Å²) in [5, 5.41) is 6.98. The van der Waals surface area contributed by atoms with Gasteiger partial charge in [0.05, 0.1) is 11.4 Å². The molecule has 0 spiro atoms. The summed E-state index contributed by atoms with van der Waals surface area (Å²) in [5.41, 5.74) is 0.685. The fourth-order valence-electron chi connectivity index (χ4n) is 2.04. The highest BCUT2D eigenvalue weighted by atomic mass is 35.7. The van der Waals surface area contributed by atoms with Crippen LogP contribution in [0.3, 0.4) is 0 Å². The molecule has 1 N–H and O–H groups in total. The monoisotopic (exact) mass is 305 g/mol. The quantitative estimate of drug-likeness (QED) is 0.849. The van der Waals surface area contributed by atoms with Crippen LogP contribution in [0.1, 0.15) is 37.2 Å². The second kappa shape index (κ2) is 4.79. The molecule has 1 fully saturated rings. The highest BCUT2D eigenvalue weighted by molar-refractivity contribution is 8.13. The van der Waals surface area contributed by atoms with Crippen molar-refractivity contribution in [3.63, 3.8) is 0 Å². The van der Waals surface area contributed by atoms with E-state index in [0.717, 1.165) is 12.8 Å². The summed E-state index contributed by atoms with van der Waals surface area (Å²) in [7, 11) is 1.52. The number of carbonyl (C=O) groups excluding carboxylic acids is 1. The standard InChI is InChI=1S/C11H16ClN3O3S/c1-6-10(19(12,17)18)7(2)15(14-6)8(3)11(16)13-9-4-5-9/h8-9H,4-5H2,1-3H3,(H,13,16). The van der Waals surface area contributed by atoms with Crippen LogP contribution in [0.2, 0.25) is 0 Å². The third-order valence-electron chi connectivity index (χ3n) is 3.17. The molecule has 1 amide bonds. The Morgan fingerprint density at radius 1 is 1.47 bits per heavy atom. The highest BCUT2D eigenvalue weighted by Crippen LogP contribution is 2.26. The Hall–Kier alpha value is -1.08. The molecule has 19 heavy (non-hydrogen) atoms. The largest absolute Gasteiger partial charge is 0.352 e. The third kappa shape index (κ3) is 2.92. The molecule has 1 heterocycles.